The van der Waals surface area contributed by atoms with Crippen LogP contribution in [-0.2, 0) is 0 Å². The van der Waals surface area contributed by atoms with Crippen molar-refractivity contribution in [3.8, 4) is 0 Å². The molecule has 2 heterocycles. The van der Waals surface area contributed by atoms with E-state index in [2.05, 4.69) is 24.9 Å². The van der Waals surface area contributed by atoms with Gasteiger partial charge < -0.3 is 10.6 Å². The molecule has 0 radical (unpaired) electrons. The Bertz CT molecular complexity index is 579. The zero-order chi connectivity index (χ0) is 14.0. The van der Waals surface area contributed by atoms with Crippen molar-refractivity contribution in [2.24, 2.45) is 0 Å². The second-order valence-electron chi connectivity index (χ2n) is 4.21. The Hall–Kier alpha value is -1.96. The molecule has 0 bridgehead atoms. The number of aromatic nitrogens is 5. The van der Waals surface area contributed by atoms with E-state index < -0.39 is 0 Å². The molecule has 2 aromatic heterocycles. The Balaban J connectivity index is 2.32. The molecule has 100 valence electrons. The van der Waals surface area contributed by atoms with E-state index in [9.17, 15) is 0 Å². The van der Waals surface area contributed by atoms with Crippen molar-refractivity contribution in [2.75, 3.05) is 24.7 Å². The van der Waals surface area contributed by atoms with E-state index >= 15 is 0 Å². The van der Waals surface area contributed by atoms with Gasteiger partial charge in [0.25, 0.3) is 0 Å². The number of nitrogens with zero attached hydrogens (tertiary/aromatic N) is 6. The lowest BCUT2D eigenvalue weighted by Gasteiger charge is -2.10. The topological polar surface area (TPSA) is 93.7 Å². The molecular formula is C11H15N7S. The molecule has 2 N–H and O–H groups in total. The molecule has 19 heavy (non-hydrogen) atoms. The number of nitrogens with two attached hydrogens (primary N) is 1. The molecule has 2 rings (SSSR count). The number of aryl methyl sites for hydroxylation is 2. The van der Waals surface area contributed by atoms with Crippen LogP contribution in [0, 0.1) is 13.8 Å². The first-order chi connectivity index (χ1) is 8.94. The Morgan fingerprint density at radius 1 is 0.947 bits per heavy atom. The average Bonchev–Trinajstić information content (AvgIpc) is 2.26. The van der Waals surface area contributed by atoms with Gasteiger partial charge in [0.1, 0.15) is 0 Å². The molecule has 0 saturated heterocycles. The molecule has 0 aromatic carbocycles. The molecule has 7 nitrogen and oxygen atoms in total. The van der Waals surface area contributed by atoms with Crippen LogP contribution >= 0.6 is 11.8 Å². The second kappa shape index (κ2) is 5.35. The first kappa shape index (κ1) is 13.5. The summed E-state index contributed by atoms with van der Waals surface area (Å²) in [6.07, 6.45) is 0. The summed E-state index contributed by atoms with van der Waals surface area (Å²) in [5, 5.41) is 1.09. The Morgan fingerprint density at radius 3 is 2.11 bits per heavy atom. The maximum Gasteiger partial charge on any atom is 0.230 e. The minimum absolute atomic E-state index is 0.186. The summed E-state index contributed by atoms with van der Waals surface area (Å²) in [7, 11) is 3.69. The van der Waals surface area contributed by atoms with Gasteiger partial charge in [0.05, 0.1) is 0 Å². The van der Waals surface area contributed by atoms with Crippen molar-refractivity contribution in [1.82, 2.24) is 24.9 Å². The van der Waals surface area contributed by atoms with Crippen molar-refractivity contribution < 1.29 is 0 Å². The monoisotopic (exact) mass is 277 g/mol. The Morgan fingerprint density at radius 2 is 1.53 bits per heavy atom. The largest absolute Gasteiger partial charge is 0.368 e. The van der Waals surface area contributed by atoms with Crippen LogP contribution in [0.1, 0.15) is 11.4 Å². The third kappa shape index (κ3) is 3.50. The highest BCUT2D eigenvalue weighted by Gasteiger charge is 2.10. The quantitative estimate of drug-likeness (QED) is 0.833. The van der Waals surface area contributed by atoms with Gasteiger partial charge in [-0.2, -0.15) is 15.0 Å². The van der Waals surface area contributed by atoms with Gasteiger partial charge in [0.15, 0.2) is 5.16 Å². The number of hydrogen-bond donors (Lipinski definition) is 1. The van der Waals surface area contributed by atoms with E-state index in [1.165, 1.54) is 11.8 Å². The standard InChI is InChI=1S/C11H15N7S/c1-6-5-7(2)14-10(13-6)19-11-16-8(12)15-9(17-11)18(3)4/h5H,1-4H3,(H2,12,15,16,17). The maximum atomic E-state index is 5.67. The van der Waals surface area contributed by atoms with Crippen LogP contribution in [0.3, 0.4) is 0 Å². The van der Waals surface area contributed by atoms with E-state index in [0.717, 1.165) is 11.4 Å². The zero-order valence-electron chi connectivity index (χ0n) is 11.2. The van der Waals surface area contributed by atoms with E-state index in [-0.39, 0.29) is 5.95 Å². The lowest BCUT2D eigenvalue weighted by Crippen LogP contribution is -2.15. The van der Waals surface area contributed by atoms with Gasteiger partial charge in [-0.3, -0.25) is 0 Å². The highest BCUT2D eigenvalue weighted by molar-refractivity contribution is 7.99. The average molecular weight is 277 g/mol. The summed E-state index contributed by atoms with van der Waals surface area (Å²) >= 11 is 1.27. The third-order valence-electron chi connectivity index (χ3n) is 2.16. The summed E-state index contributed by atoms with van der Waals surface area (Å²) < 4.78 is 0. The number of anilines is 2. The SMILES string of the molecule is Cc1cc(C)nc(Sc2nc(N)nc(N(C)C)n2)n1. The highest BCUT2D eigenvalue weighted by Crippen LogP contribution is 2.23. The van der Waals surface area contributed by atoms with Crippen molar-refractivity contribution in [1.29, 1.82) is 0 Å². The van der Waals surface area contributed by atoms with Crippen LogP contribution in [0.25, 0.3) is 0 Å². The third-order valence-corrected chi connectivity index (χ3v) is 2.90. The fraction of sp³-hybridized carbons (Fsp3) is 0.364. The lowest BCUT2D eigenvalue weighted by molar-refractivity contribution is 0.857. The molecule has 8 heteroatoms. The van der Waals surface area contributed by atoms with E-state index in [4.69, 9.17) is 5.73 Å². The van der Waals surface area contributed by atoms with Crippen LogP contribution in [0.2, 0.25) is 0 Å². The van der Waals surface area contributed by atoms with Gasteiger partial charge in [0.2, 0.25) is 17.1 Å². The molecule has 0 saturated carbocycles. The first-order valence-corrected chi connectivity index (χ1v) is 6.44. The fourth-order valence-corrected chi connectivity index (χ4v) is 2.24. The van der Waals surface area contributed by atoms with Crippen LogP contribution in [0.15, 0.2) is 16.4 Å². The molecule has 0 unspecified atom stereocenters. The second-order valence-corrected chi connectivity index (χ2v) is 5.14. The van der Waals surface area contributed by atoms with Crippen LogP contribution in [0.5, 0.6) is 0 Å². The van der Waals surface area contributed by atoms with Gasteiger partial charge in [0, 0.05) is 25.5 Å². The van der Waals surface area contributed by atoms with Crippen molar-refractivity contribution in [3.63, 3.8) is 0 Å². The minimum Gasteiger partial charge on any atom is -0.368 e. The van der Waals surface area contributed by atoms with Gasteiger partial charge in [-0.1, -0.05) is 0 Å². The lowest BCUT2D eigenvalue weighted by atomic mass is 10.4. The van der Waals surface area contributed by atoms with Crippen LogP contribution in [-0.4, -0.2) is 39.0 Å². The molecule has 0 aliphatic carbocycles. The summed E-state index contributed by atoms with van der Waals surface area (Å²) in [6.45, 7) is 3.84. The van der Waals surface area contributed by atoms with Crippen molar-refractivity contribution in [2.45, 2.75) is 24.2 Å². The predicted molar refractivity (Wildman–Crippen MR) is 74.2 cm³/mol. The molecular weight excluding hydrogens is 262 g/mol. The smallest absolute Gasteiger partial charge is 0.230 e. The highest BCUT2D eigenvalue weighted by atomic mass is 32.2. The Kier molecular flexibility index (Phi) is 3.79. The van der Waals surface area contributed by atoms with E-state index in [1.54, 1.807) is 4.90 Å². The minimum atomic E-state index is 0.186. The molecule has 0 fully saturated rings. The number of nitrogen functional groups attached to an aromatic ring is 1. The first-order valence-electron chi connectivity index (χ1n) is 5.63. The molecule has 2 aromatic rings. The summed E-state index contributed by atoms with van der Waals surface area (Å²) in [5.74, 6) is 0.699. The molecule has 0 amide bonds. The normalized spacial score (nSPS) is 10.5. The summed E-state index contributed by atoms with van der Waals surface area (Å²) in [4.78, 5) is 22.8. The van der Waals surface area contributed by atoms with Crippen LogP contribution < -0.4 is 10.6 Å². The predicted octanol–water partition coefficient (Wildman–Crippen LogP) is 1.08. The van der Waals surface area contributed by atoms with Crippen molar-refractivity contribution >= 4 is 23.7 Å². The molecule has 0 spiro atoms. The van der Waals surface area contributed by atoms with Crippen molar-refractivity contribution in [3.05, 3.63) is 17.5 Å². The van der Waals surface area contributed by atoms with Gasteiger partial charge in [-0.15, -0.1) is 0 Å². The Labute approximate surface area is 115 Å². The van der Waals surface area contributed by atoms with Gasteiger partial charge in [-0.05, 0) is 31.7 Å². The molecule has 0 atom stereocenters. The molecule has 0 aliphatic heterocycles. The summed E-state index contributed by atoms with van der Waals surface area (Å²) in [5.41, 5.74) is 7.48. The fourth-order valence-electron chi connectivity index (χ4n) is 1.43. The van der Waals surface area contributed by atoms with Crippen LogP contribution in [0.4, 0.5) is 11.9 Å². The number of rotatable bonds is 3. The van der Waals surface area contributed by atoms with E-state index in [1.807, 2.05) is 34.0 Å². The molecule has 0 aliphatic rings. The van der Waals surface area contributed by atoms with Gasteiger partial charge >= 0.3 is 0 Å². The summed E-state index contributed by atoms with van der Waals surface area (Å²) in [6, 6.07) is 1.91. The zero-order valence-corrected chi connectivity index (χ0v) is 12.1. The maximum absolute atomic E-state index is 5.67. The van der Waals surface area contributed by atoms with E-state index in [0.29, 0.717) is 16.3 Å². The number of hydrogen-bond acceptors (Lipinski definition) is 8. The van der Waals surface area contributed by atoms with Gasteiger partial charge in [-0.25, -0.2) is 9.97 Å².